The van der Waals surface area contributed by atoms with E-state index in [4.69, 9.17) is 0 Å². The van der Waals surface area contributed by atoms with Crippen molar-refractivity contribution in [2.45, 2.75) is 6.92 Å². The molecule has 0 spiro atoms. The fourth-order valence-corrected chi connectivity index (χ4v) is 2.34. The van der Waals surface area contributed by atoms with Crippen LogP contribution in [0.1, 0.15) is 16.2 Å². The lowest BCUT2D eigenvalue weighted by molar-refractivity contribution is 0.111. The van der Waals surface area contributed by atoms with Crippen LogP contribution in [0.5, 0.6) is 0 Å². The quantitative estimate of drug-likeness (QED) is 0.632. The predicted molar refractivity (Wildman–Crippen MR) is 60.3 cm³/mol. The first kappa shape index (κ1) is 9.29. The van der Waals surface area contributed by atoms with Gasteiger partial charge in [-0.1, -0.05) is 0 Å². The van der Waals surface area contributed by atoms with Crippen LogP contribution in [-0.4, -0.2) is 25.2 Å². The molecule has 0 aliphatic rings. The van der Waals surface area contributed by atoms with E-state index in [0.29, 0.717) is 11.5 Å². The van der Waals surface area contributed by atoms with Gasteiger partial charge in [0.1, 0.15) is 12.0 Å². The summed E-state index contributed by atoms with van der Waals surface area (Å²) in [7, 11) is 0. The molecule has 0 aliphatic carbocycles. The Morgan fingerprint density at radius 1 is 1.50 bits per heavy atom. The minimum absolute atomic E-state index is 0.550. The number of carbonyl (C=O) groups excluding carboxylic acids is 1. The summed E-state index contributed by atoms with van der Waals surface area (Å²) in [5, 5.41) is 1.90. The topological polar surface area (TPSA) is 52.2 Å². The third-order valence-corrected chi connectivity index (χ3v) is 3.10. The Labute approximate surface area is 95.0 Å². The molecule has 5 nitrogen and oxygen atoms in total. The van der Waals surface area contributed by atoms with Crippen molar-refractivity contribution in [1.29, 1.82) is 0 Å². The van der Waals surface area contributed by atoms with Gasteiger partial charge in [-0.15, -0.1) is 11.3 Å². The molecular formula is C10H8N4OS. The third-order valence-electron chi connectivity index (χ3n) is 2.35. The molecule has 0 radical (unpaired) electrons. The van der Waals surface area contributed by atoms with Crippen LogP contribution < -0.4 is 0 Å². The van der Waals surface area contributed by atoms with E-state index in [2.05, 4.69) is 9.97 Å². The van der Waals surface area contributed by atoms with Crippen LogP contribution in [-0.2, 0) is 0 Å². The molecule has 0 fully saturated rings. The van der Waals surface area contributed by atoms with Gasteiger partial charge < -0.3 is 0 Å². The van der Waals surface area contributed by atoms with Gasteiger partial charge in [0.05, 0.1) is 5.69 Å². The predicted octanol–water partition coefficient (Wildman–Crippen LogP) is 1.70. The van der Waals surface area contributed by atoms with Gasteiger partial charge in [0.25, 0.3) is 0 Å². The number of fused-ring (bicyclic) bond motifs is 1. The molecule has 0 amide bonds. The smallest absolute Gasteiger partial charge is 0.196 e. The van der Waals surface area contributed by atoms with Crippen LogP contribution in [0.2, 0.25) is 0 Å². The number of thiazole rings is 1. The zero-order chi connectivity index (χ0) is 11.1. The number of rotatable bonds is 2. The van der Waals surface area contributed by atoms with Gasteiger partial charge in [-0.05, 0) is 6.92 Å². The Balaban J connectivity index is 2.30. The summed E-state index contributed by atoms with van der Waals surface area (Å²) in [6.07, 6.45) is 6.16. The Kier molecular flexibility index (Phi) is 1.90. The highest BCUT2D eigenvalue weighted by Gasteiger charge is 2.13. The maximum atomic E-state index is 11.1. The molecule has 3 heterocycles. The van der Waals surface area contributed by atoms with Gasteiger partial charge in [0.2, 0.25) is 0 Å². The van der Waals surface area contributed by atoms with Crippen molar-refractivity contribution in [2.75, 3.05) is 0 Å². The SMILES string of the molecule is Cc1cn(-c2nc3sccn3c2C=O)cn1. The molecule has 16 heavy (non-hydrogen) atoms. The molecule has 0 aliphatic heterocycles. The standard InChI is InChI=1S/C10H8N4OS/c1-7-4-13(6-11-7)9-8(5-15)14-2-3-16-10(14)12-9/h2-6H,1H3. The number of aromatic nitrogens is 4. The highest BCUT2D eigenvalue weighted by atomic mass is 32.1. The molecule has 0 unspecified atom stereocenters. The van der Waals surface area contributed by atoms with Crippen molar-refractivity contribution in [1.82, 2.24) is 18.9 Å². The summed E-state index contributed by atoms with van der Waals surface area (Å²) in [5.41, 5.74) is 1.45. The second kappa shape index (κ2) is 3.28. The van der Waals surface area contributed by atoms with Gasteiger partial charge in [0.15, 0.2) is 17.1 Å². The van der Waals surface area contributed by atoms with Crippen molar-refractivity contribution in [3.05, 3.63) is 35.5 Å². The summed E-state index contributed by atoms with van der Waals surface area (Å²) in [4.78, 5) is 20.4. The number of imidazole rings is 2. The second-order valence-electron chi connectivity index (χ2n) is 3.42. The van der Waals surface area contributed by atoms with Crippen molar-refractivity contribution in [3.63, 3.8) is 0 Å². The first-order valence-electron chi connectivity index (χ1n) is 4.71. The van der Waals surface area contributed by atoms with Crippen molar-refractivity contribution in [2.24, 2.45) is 0 Å². The zero-order valence-electron chi connectivity index (χ0n) is 8.49. The molecule has 0 atom stereocenters. The fraction of sp³-hybridized carbons (Fsp3) is 0.100. The normalized spacial score (nSPS) is 11.1. The van der Waals surface area contributed by atoms with Crippen LogP contribution >= 0.6 is 11.3 Å². The Hall–Kier alpha value is -1.95. The number of hydrogen-bond donors (Lipinski definition) is 0. The minimum Gasteiger partial charge on any atom is -0.296 e. The van der Waals surface area contributed by atoms with E-state index >= 15 is 0 Å². The largest absolute Gasteiger partial charge is 0.296 e. The molecule has 3 aromatic rings. The van der Waals surface area contributed by atoms with Crippen LogP contribution in [0.3, 0.4) is 0 Å². The molecular weight excluding hydrogens is 224 g/mol. The van der Waals surface area contributed by atoms with Crippen LogP contribution in [0.4, 0.5) is 0 Å². The molecule has 0 saturated carbocycles. The number of aryl methyl sites for hydroxylation is 1. The fourth-order valence-electron chi connectivity index (χ4n) is 1.63. The van der Waals surface area contributed by atoms with E-state index in [9.17, 15) is 4.79 Å². The van der Waals surface area contributed by atoms with Crippen LogP contribution in [0.25, 0.3) is 10.8 Å². The second-order valence-corrected chi connectivity index (χ2v) is 4.29. The maximum absolute atomic E-state index is 11.1. The first-order valence-corrected chi connectivity index (χ1v) is 5.59. The van der Waals surface area contributed by atoms with Crippen LogP contribution in [0, 0.1) is 6.92 Å². The molecule has 6 heteroatoms. The van der Waals surface area contributed by atoms with Gasteiger partial charge in [-0.25, -0.2) is 4.98 Å². The third kappa shape index (κ3) is 1.20. The lowest BCUT2D eigenvalue weighted by Gasteiger charge is -1.96. The molecule has 3 rings (SSSR count). The lowest BCUT2D eigenvalue weighted by Crippen LogP contribution is -1.97. The molecule has 80 valence electrons. The first-order chi connectivity index (χ1) is 7.79. The van der Waals surface area contributed by atoms with E-state index in [1.54, 1.807) is 15.3 Å². The van der Waals surface area contributed by atoms with Gasteiger partial charge in [-0.2, -0.15) is 4.98 Å². The molecule has 3 aromatic heterocycles. The monoisotopic (exact) mass is 232 g/mol. The van der Waals surface area contributed by atoms with Crippen LogP contribution in [0.15, 0.2) is 24.1 Å². The Morgan fingerprint density at radius 2 is 2.38 bits per heavy atom. The maximum Gasteiger partial charge on any atom is 0.196 e. The summed E-state index contributed by atoms with van der Waals surface area (Å²) in [6, 6.07) is 0. The van der Waals surface area contributed by atoms with Gasteiger partial charge >= 0.3 is 0 Å². The van der Waals surface area contributed by atoms with Crippen molar-refractivity contribution < 1.29 is 4.79 Å². The number of hydrogen-bond acceptors (Lipinski definition) is 4. The van der Waals surface area contributed by atoms with Gasteiger partial charge in [0, 0.05) is 17.8 Å². The van der Waals surface area contributed by atoms with Crippen molar-refractivity contribution >= 4 is 22.6 Å². The summed E-state index contributed by atoms with van der Waals surface area (Å²) in [5.74, 6) is 0.627. The van der Waals surface area contributed by atoms with Crippen molar-refractivity contribution in [3.8, 4) is 5.82 Å². The molecule has 0 saturated heterocycles. The highest BCUT2D eigenvalue weighted by Crippen LogP contribution is 2.19. The number of carbonyl (C=O) groups is 1. The lowest BCUT2D eigenvalue weighted by atomic mass is 10.4. The minimum atomic E-state index is 0.550. The highest BCUT2D eigenvalue weighted by molar-refractivity contribution is 7.15. The average molecular weight is 232 g/mol. The average Bonchev–Trinajstić information content (AvgIpc) is 2.90. The Morgan fingerprint density at radius 3 is 3.06 bits per heavy atom. The molecule has 0 bridgehead atoms. The van der Waals surface area contributed by atoms with E-state index < -0.39 is 0 Å². The zero-order valence-corrected chi connectivity index (χ0v) is 9.31. The summed E-state index contributed by atoms with van der Waals surface area (Å²) in [6.45, 7) is 1.90. The molecule has 0 aromatic carbocycles. The summed E-state index contributed by atoms with van der Waals surface area (Å²) >= 11 is 1.50. The van der Waals surface area contributed by atoms with E-state index in [-0.39, 0.29) is 0 Å². The number of aldehydes is 1. The Bertz CT molecular complexity index is 663. The van der Waals surface area contributed by atoms with E-state index in [1.807, 2.05) is 24.7 Å². The van der Waals surface area contributed by atoms with Gasteiger partial charge in [-0.3, -0.25) is 13.8 Å². The van der Waals surface area contributed by atoms with E-state index in [1.165, 1.54) is 11.3 Å². The summed E-state index contributed by atoms with van der Waals surface area (Å²) < 4.78 is 3.54. The number of nitrogens with zero attached hydrogens (tertiary/aromatic N) is 4. The van der Waals surface area contributed by atoms with E-state index in [0.717, 1.165) is 16.9 Å². The molecule has 0 N–H and O–H groups in total.